The van der Waals surface area contributed by atoms with Crippen LogP contribution in [0.2, 0.25) is 0 Å². The highest BCUT2D eigenvalue weighted by Gasteiger charge is 2.44. The predicted molar refractivity (Wildman–Crippen MR) is 168 cm³/mol. The van der Waals surface area contributed by atoms with Crippen molar-refractivity contribution in [1.29, 1.82) is 0 Å². The van der Waals surface area contributed by atoms with Crippen LogP contribution < -0.4 is 4.74 Å². The number of cyclic esters (lactones) is 1. The van der Waals surface area contributed by atoms with Crippen LogP contribution in [0.5, 0.6) is 5.75 Å². The van der Waals surface area contributed by atoms with Crippen LogP contribution in [0.25, 0.3) is 16.7 Å². The van der Waals surface area contributed by atoms with E-state index in [-0.39, 0.29) is 24.9 Å². The molecular formula is C36H34F6N2O5. The summed E-state index contributed by atoms with van der Waals surface area (Å²) in [4.78, 5) is 31.6. The fourth-order valence-electron chi connectivity index (χ4n) is 6.13. The summed E-state index contributed by atoms with van der Waals surface area (Å²) in [7, 11) is 1.47. The fraction of sp³-hybridized carbons (Fsp3) is 0.361. The number of pyridine rings is 1. The molecule has 2 aromatic carbocycles. The average molecular weight is 689 g/mol. The molecule has 13 heteroatoms. The Bertz CT molecular complexity index is 1820. The molecule has 1 amide bonds. The van der Waals surface area contributed by atoms with Crippen molar-refractivity contribution in [1.82, 2.24) is 9.88 Å². The second-order valence-corrected chi connectivity index (χ2v) is 12.7. The van der Waals surface area contributed by atoms with E-state index in [9.17, 15) is 41.0 Å². The lowest BCUT2D eigenvalue weighted by Gasteiger charge is -2.30. The number of carbonyl (C=O) groups is 2. The number of aliphatic carboxylic acids is 1. The third kappa shape index (κ3) is 6.88. The molecule has 1 aliphatic carbocycles. The van der Waals surface area contributed by atoms with Crippen LogP contribution in [-0.4, -0.2) is 40.2 Å². The molecule has 5 rings (SSSR count). The number of allylic oxidation sites excluding steroid dienone is 3. The number of carboxylic acids is 1. The van der Waals surface area contributed by atoms with Gasteiger partial charge in [0.1, 0.15) is 11.9 Å². The van der Waals surface area contributed by atoms with Crippen molar-refractivity contribution >= 4 is 17.6 Å². The van der Waals surface area contributed by atoms with E-state index in [0.29, 0.717) is 51.5 Å². The molecule has 1 fully saturated rings. The van der Waals surface area contributed by atoms with Crippen LogP contribution in [0.1, 0.15) is 79.8 Å². The van der Waals surface area contributed by atoms with Crippen molar-refractivity contribution in [3.05, 3.63) is 100 Å². The Morgan fingerprint density at radius 2 is 1.69 bits per heavy atom. The molecule has 1 aliphatic heterocycles. The minimum atomic E-state index is -5.07. The zero-order chi connectivity index (χ0) is 36.1. The Balaban J connectivity index is 1.58. The summed E-state index contributed by atoms with van der Waals surface area (Å²) < 4.78 is 92.8. The quantitative estimate of drug-likeness (QED) is 0.237. The number of methoxy groups -OCH3 is 1. The van der Waals surface area contributed by atoms with Gasteiger partial charge in [-0.25, -0.2) is 4.79 Å². The monoisotopic (exact) mass is 688 g/mol. The van der Waals surface area contributed by atoms with Crippen LogP contribution in [-0.2, 0) is 28.4 Å². The van der Waals surface area contributed by atoms with Gasteiger partial charge in [0.05, 0.1) is 41.9 Å². The van der Waals surface area contributed by atoms with Crippen molar-refractivity contribution in [2.75, 3.05) is 7.11 Å². The number of carboxylic acid groups (broad SMARTS) is 1. The van der Waals surface area contributed by atoms with Crippen molar-refractivity contribution in [2.24, 2.45) is 5.41 Å². The molecule has 3 aromatic rings. The van der Waals surface area contributed by atoms with Crippen molar-refractivity contribution in [3.8, 4) is 16.9 Å². The number of alkyl halides is 6. The molecule has 1 saturated heterocycles. The van der Waals surface area contributed by atoms with Crippen LogP contribution in [0.15, 0.2) is 66.8 Å². The van der Waals surface area contributed by atoms with Crippen LogP contribution in [0.4, 0.5) is 31.1 Å². The number of rotatable bonds is 8. The molecule has 1 N–H and O–H groups in total. The lowest BCUT2D eigenvalue weighted by molar-refractivity contribution is -0.145. The number of amides is 1. The Labute approximate surface area is 278 Å². The molecule has 3 atom stereocenters. The maximum atomic E-state index is 13.6. The van der Waals surface area contributed by atoms with E-state index >= 15 is 0 Å². The number of hydrogen-bond donors (Lipinski definition) is 1. The number of ether oxygens (including phenoxy) is 2. The summed E-state index contributed by atoms with van der Waals surface area (Å²) in [5.41, 5.74) is -1.41. The molecule has 1 aromatic heterocycles. The smallest absolute Gasteiger partial charge is 0.416 e. The number of benzene rings is 2. The summed E-state index contributed by atoms with van der Waals surface area (Å²) in [6, 6.07) is 8.97. The van der Waals surface area contributed by atoms with Gasteiger partial charge in [-0.1, -0.05) is 44.2 Å². The van der Waals surface area contributed by atoms with E-state index in [1.54, 1.807) is 55.5 Å². The van der Waals surface area contributed by atoms with Crippen molar-refractivity contribution in [3.63, 3.8) is 0 Å². The van der Waals surface area contributed by atoms with E-state index in [4.69, 9.17) is 14.5 Å². The van der Waals surface area contributed by atoms with Gasteiger partial charge in [-0.2, -0.15) is 26.3 Å². The molecule has 0 saturated carbocycles. The molecular weight excluding hydrogens is 654 g/mol. The van der Waals surface area contributed by atoms with Crippen LogP contribution in [0, 0.1) is 5.41 Å². The first-order valence-corrected chi connectivity index (χ1v) is 15.4. The van der Waals surface area contributed by atoms with Gasteiger partial charge >= 0.3 is 24.4 Å². The Morgan fingerprint density at radius 1 is 1.04 bits per heavy atom. The van der Waals surface area contributed by atoms with Crippen molar-refractivity contribution < 1.29 is 50.5 Å². The summed E-state index contributed by atoms with van der Waals surface area (Å²) in [5.74, 6) is -0.618. The summed E-state index contributed by atoms with van der Waals surface area (Å²) in [6.07, 6.45) is -6.95. The largest absolute Gasteiger partial charge is 0.496 e. The molecule has 2 aliphatic rings. The van der Waals surface area contributed by atoms with Gasteiger partial charge in [0.2, 0.25) is 0 Å². The normalized spacial score (nSPS) is 21.2. The van der Waals surface area contributed by atoms with E-state index < -0.39 is 58.7 Å². The average Bonchev–Trinajstić information content (AvgIpc) is 3.32. The van der Waals surface area contributed by atoms with E-state index in [2.05, 4.69) is 0 Å². The summed E-state index contributed by atoms with van der Waals surface area (Å²) in [6.45, 7) is 6.74. The summed E-state index contributed by atoms with van der Waals surface area (Å²) in [5, 5.41) is 10.1. The minimum Gasteiger partial charge on any atom is -0.496 e. The van der Waals surface area contributed by atoms with Crippen LogP contribution >= 0.6 is 0 Å². The lowest BCUT2D eigenvalue weighted by atomic mass is 9.73. The molecule has 0 spiro atoms. The first-order valence-electron chi connectivity index (χ1n) is 15.4. The molecule has 1 unspecified atom stereocenters. The molecule has 260 valence electrons. The molecule has 7 nitrogen and oxygen atoms in total. The number of carbonyl (C=O) groups excluding carboxylic acids is 1. The molecule has 0 radical (unpaired) electrons. The third-order valence-corrected chi connectivity index (χ3v) is 9.03. The minimum absolute atomic E-state index is 0.0243. The molecule has 2 heterocycles. The first-order chi connectivity index (χ1) is 22.8. The zero-order valence-corrected chi connectivity index (χ0v) is 27.2. The van der Waals surface area contributed by atoms with Gasteiger partial charge < -0.3 is 14.6 Å². The van der Waals surface area contributed by atoms with Crippen molar-refractivity contribution in [2.45, 2.75) is 71.1 Å². The molecule has 49 heavy (non-hydrogen) atoms. The highest BCUT2D eigenvalue weighted by Crippen LogP contribution is 2.45. The Kier molecular flexibility index (Phi) is 9.35. The predicted octanol–water partition coefficient (Wildman–Crippen LogP) is 9.43. The van der Waals surface area contributed by atoms with Gasteiger partial charge in [0, 0.05) is 16.8 Å². The van der Waals surface area contributed by atoms with E-state index in [0.717, 1.165) is 0 Å². The highest BCUT2D eigenvalue weighted by atomic mass is 19.4. The van der Waals surface area contributed by atoms with Gasteiger partial charge in [0.15, 0.2) is 0 Å². The van der Waals surface area contributed by atoms with Gasteiger partial charge in [-0.15, -0.1) is 0 Å². The standard InChI is InChI=1S/C36H34F6N2O5/c1-19(2)28-11-10-25(26-16-21(9-12-30(26)48-5)27-8-6-7-13-34(27,4)32(45)46)29(43-28)18-44-20(3)31(49-33(44)47)22-14-23(35(37,38)39)17-24(15-22)36(40,41)42/h6-12,14-17,19-20,31H,13,18H2,1-5H3,(H,45,46)/t20-,31-,34?/m0/s1. The fourth-order valence-corrected chi connectivity index (χ4v) is 6.13. The Hall–Kier alpha value is -4.81. The Morgan fingerprint density at radius 3 is 2.27 bits per heavy atom. The topological polar surface area (TPSA) is 89.0 Å². The summed E-state index contributed by atoms with van der Waals surface area (Å²) >= 11 is 0. The SMILES string of the molecule is COc1ccc(C2=CC=CCC2(C)C(=O)O)cc1-c1ccc(C(C)C)nc1CN1C(=O)O[C@H](c2cc(C(F)(F)F)cc(C(F)(F)F)c2)[C@@H]1C. The van der Waals surface area contributed by atoms with Gasteiger partial charge in [-0.05, 0) is 79.3 Å². The van der Waals surface area contributed by atoms with Gasteiger partial charge in [0.25, 0.3) is 0 Å². The lowest BCUT2D eigenvalue weighted by Crippen LogP contribution is -2.32. The number of aromatic nitrogens is 1. The maximum absolute atomic E-state index is 13.6. The van der Waals surface area contributed by atoms with E-state index in [1.807, 2.05) is 13.8 Å². The molecule has 0 bridgehead atoms. The number of nitrogens with zero attached hydrogens (tertiary/aromatic N) is 2. The second kappa shape index (κ2) is 12.9. The number of halogens is 6. The first kappa shape index (κ1) is 35.5. The zero-order valence-electron chi connectivity index (χ0n) is 27.2. The maximum Gasteiger partial charge on any atom is 0.416 e. The van der Waals surface area contributed by atoms with Gasteiger partial charge in [-0.3, -0.25) is 14.7 Å². The van der Waals surface area contributed by atoms with Crippen LogP contribution in [0.3, 0.4) is 0 Å². The second-order valence-electron chi connectivity index (χ2n) is 12.7. The van der Waals surface area contributed by atoms with E-state index in [1.165, 1.54) is 18.9 Å². The third-order valence-electron chi connectivity index (χ3n) is 9.03. The number of hydrogen-bond acceptors (Lipinski definition) is 5. The highest BCUT2D eigenvalue weighted by molar-refractivity contribution is 5.94.